The molecule has 7 nitrogen and oxygen atoms in total. The van der Waals surface area contributed by atoms with Crippen molar-refractivity contribution in [3.63, 3.8) is 0 Å². The van der Waals surface area contributed by atoms with Gasteiger partial charge in [0.05, 0.1) is 5.69 Å². The second-order valence-corrected chi connectivity index (χ2v) is 6.95. The Bertz CT molecular complexity index is 866. The second-order valence-electron chi connectivity index (χ2n) is 6.20. The Morgan fingerprint density at radius 1 is 1.41 bits per heavy atom. The van der Waals surface area contributed by atoms with Crippen molar-refractivity contribution in [2.75, 3.05) is 13.1 Å². The largest absolute Gasteiger partial charge is 0.357 e. The minimum Gasteiger partial charge on any atom is -0.357 e. The van der Waals surface area contributed by atoms with Crippen LogP contribution in [0.3, 0.4) is 0 Å². The first-order chi connectivity index (χ1) is 13.0. The number of thiocarbonyl (C=S) groups is 1. The third-order valence-electron chi connectivity index (χ3n) is 4.28. The molecule has 0 bridgehead atoms. The quantitative estimate of drug-likeness (QED) is 0.623. The highest BCUT2D eigenvalue weighted by Crippen LogP contribution is 2.20. The third kappa shape index (κ3) is 4.45. The van der Waals surface area contributed by atoms with E-state index in [1.54, 1.807) is 40.2 Å². The molecule has 2 aromatic rings. The highest BCUT2D eigenvalue weighted by Gasteiger charge is 2.27. The average Bonchev–Trinajstić information content (AvgIpc) is 3.24. The lowest BCUT2D eigenvalue weighted by Crippen LogP contribution is -2.48. The van der Waals surface area contributed by atoms with Crippen molar-refractivity contribution in [1.29, 1.82) is 0 Å². The molecule has 27 heavy (non-hydrogen) atoms. The van der Waals surface area contributed by atoms with E-state index >= 15 is 0 Å². The summed E-state index contributed by atoms with van der Waals surface area (Å²) in [5.41, 5.74) is 2.55. The van der Waals surface area contributed by atoms with E-state index in [1.807, 2.05) is 19.1 Å². The molecule has 2 aromatic heterocycles. The average molecular weight is 405 g/mol. The molecule has 142 valence electrons. The van der Waals surface area contributed by atoms with Gasteiger partial charge in [0.15, 0.2) is 5.11 Å². The van der Waals surface area contributed by atoms with Crippen LogP contribution in [0, 0.1) is 6.92 Å². The molecule has 9 heteroatoms. The molecule has 0 aromatic carbocycles. The second kappa shape index (κ2) is 8.49. The van der Waals surface area contributed by atoms with Crippen LogP contribution in [0.2, 0.25) is 5.15 Å². The Morgan fingerprint density at radius 3 is 2.85 bits per heavy atom. The zero-order chi connectivity index (χ0) is 19.4. The summed E-state index contributed by atoms with van der Waals surface area (Å²) >= 11 is 11.7. The fourth-order valence-electron chi connectivity index (χ4n) is 2.90. The Morgan fingerprint density at radius 2 is 2.19 bits per heavy atom. The Balaban J connectivity index is 1.63. The van der Waals surface area contributed by atoms with Crippen LogP contribution in [0.4, 0.5) is 0 Å². The normalized spacial score (nSPS) is 14.2. The summed E-state index contributed by atoms with van der Waals surface area (Å²) < 4.78 is 1.58. The number of pyridine rings is 1. The number of carbonyl (C=O) groups excluding carboxylic acids is 1. The number of aromatic nitrogens is 3. The smallest absolute Gasteiger partial charge is 0.265 e. The number of hydrogen-bond donors (Lipinski definition) is 1. The van der Waals surface area contributed by atoms with Crippen molar-refractivity contribution < 1.29 is 4.79 Å². The predicted molar refractivity (Wildman–Crippen MR) is 109 cm³/mol. The van der Waals surface area contributed by atoms with Crippen LogP contribution >= 0.6 is 23.8 Å². The highest BCUT2D eigenvalue weighted by atomic mass is 35.5. The van der Waals surface area contributed by atoms with Crippen LogP contribution in [0.1, 0.15) is 23.2 Å². The van der Waals surface area contributed by atoms with Gasteiger partial charge in [-0.1, -0.05) is 17.7 Å². The fourth-order valence-corrected chi connectivity index (χ4v) is 3.40. The topological polar surface area (TPSA) is 66.3 Å². The number of nitrogens with one attached hydrogen (secondary N) is 1. The van der Waals surface area contributed by atoms with Gasteiger partial charge in [-0.05, 0) is 43.3 Å². The molecular weight excluding hydrogens is 384 g/mol. The van der Waals surface area contributed by atoms with Crippen molar-refractivity contribution in [2.24, 2.45) is 7.05 Å². The third-order valence-corrected chi connectivity index (χ3v) is 5.08. The van der Waals surface area contributed by atoms with E-state index in [1.165, 1.54) is 6.08 Å². The lowest BCUT2D eigenvalue weighted by atomic mass is 10.2. The van der Waals surface area contributed by atoms with Gasteiger partial charge >= 0.3 is 0 Å². The van der Waals surface area contributed by atoms with Crippen molar-refractivity contribution >= 4 is 40.9 Å². The molecule has 0 unspecified atom stereocenters. The lowest BCUT2D eigenvalue weighted by Gasteiger charge is -2.29. The number of hydrazine groups is 1. The SMILES string of the molecule is Cc1nn(C)c(Cl)c1/C=C/C(=O)N1CCCN1C(=S)NCc1cccnc1. The number of amides is 1. The molecule has 3 heterocycles. The van der Waals surface area contributed by atoms with Crippen LogP contribution < -0.4 is 5.32 Å². The zero-order valence-electron chi connectivity index (χ0n) is 15.2. The highest BCUT2D eigenvalue weighted by molar-refractivity contribution is 7.80. The molecule has 1 aliphatic rings. The maximum Gasteiger partial charge on any atom is 0.265 e. The fraction of sp³-hybridized carbons (Fsp3) is 0.333. The molecule has 1 fully saturated rings. The van der Waals surface area contributed by atoms with Crippen LogP contribution in [0.25, 0.3) is 6.08 Å². The monoisotopic (exact) mass is 404 g/mol. The van der Waals surface area contributed by atoms with Gasteiger partial charge in [-0.25, -0.2) is 5.01 Å². The Hall–Kier alpha value is -2.45. The maximum absolute atomic E-state index is 12.7. The van der Waals surface area contributed by atoms with Gasteiger partial charge in [0.2, 0.25) is 0 Å². The van der Waals surface area contributed by atoms with Crippen LogP contribution in [0.15, 0.2) is 30.6 Å². The predicted octanol–water partition coefficient (Wildman–Crippen LogP) is 2.31. The van der Waals surface area contributed by atoms with Crippen molar-refractivity contribution in [2.45, 2.75) is 19.9 Å². The Labute approximate surface area is 168 Å². The molecule has 0 atom stereocenters. The summed E-state index contributed by atoms with van der Waals surface area (Å²) in [6, 6.07) is 3.85. The molecule has 1 N–H and O–H groups in total. The van der Waals surface area contributed by atoms with Gasteiger partial charge in [0.25, 0.3) is 5.91 Å². The van der Waals surface area contributed by atoms with Crippen molar-refractivity contribution in [1.82, 2.24) is 30.1 Å². The van der Waals surface area contributed by atoms with Gasteiger partial charge in [-0.15, -0.1) is 0 Å². The van der Waals surface area contributed by atoms with E-state index in [-0.39, 0.29) is 5.91 Å². The summed E-state index contributed by atoms with van der Waals surface area (Å²) in [6.07, 6.45) is 7.59. The molecule has 3 rings (SSSR count). The minimum absolute atomic E-state index is 0.141. The van der Waals surface area contributed by atoms with Gasteiger partial charge in [0.1, 0.15) is 5.15 Å². The molecule has 1 aliphatic heterocycles. The molecular formula is C18H21ClN6OS. The summed E-state index contributed by atoms with van der Waals surface area (Å²) in [6.45, 7) is 3.74. The van der Waals surface area contributed by atoms with Crippen molar-refractivity contribution in [3.05, 3.63) is 52.6 Å². The van der Waals surface area contributed by atoms with Gasteiger partial charge < -0.3 is 5.32 Å². The summed E-state index contributed by atoms with van der Waals surface area (Å²) in [4.78, 5) is 16.8. The number of halogens is 1. The van der Waals surface area contributed by atoms with Gasteiger partial charge in [-0.3, -0.25) is 19.5 Å². The van der Waals surface area contributed by atoms with Gasteiger partial charge in [-0.2, -0.15) is 5.10 Å². The summed E-state index contributed by atoms with van der Waals surface area (Å²) in [5.74, 6) is -0.141. The molecule has 0 spiro atoms. The van der Waals surface area contributed by atoms with Crippen molar-refractivity contribution in [3.8, 4) is 0 Å². The van der Waals surface area contributed by atoms with E-state index in [0.29, 0.717) is 29.9 Å². The Kier molecular flexibility index (Phi) is 6.08. The summed E-state index contributed by atoms with van der Waals surface area (Å²) in [7, 11) is 1.77. The number of nitrogens with zero attached hydrogens (tertiary/aromatic N) is 5. The van der Waals surface area contributed by atoms with E-state index in [9.17, 15) is 4.79 Å². The van der Waals surface area contributed by atoms with E-state index in [0.717, 1.165) is 23.2 Å². The van der Waals surface area contributed by atoms with E-state index in [2.05, 4.69) is 15.4 Å². The summed E-state index contributed by atoms with van der Waals surface area (Å²) in [5, 5.41) is 11.9. The number of hydrogen-bond acceptors (Lipinski definition) is 4. The molecule has 0 radical (unpaired) electrons. The minimum atomic E-state index is -0.141. The van der Waals surface area contributed by atoms with Crippen LogP contribution in [0.5, 0.6) is 0 Å². The molecule has 0 aliphatic carbocycles. The molecule has 1 amide bonds. The maximum atomic E-state index is 12.7. The van der Waals surface area contributed by atoms with Crippen LogP contribution in [-0.2, 0) is 18.4 Å². The number of rotatable bonds is 4. The first-order valence-corrected chi connectivity index (χ1v) is 9.39. The van der Waals surface area contributed by atoms with Crippen LogP contribution in [-0.4, -0.2) is 48.9 Å². The first kappa shape index (κ1) is 19.3. The lowest BCUT2D eigenvalue weighted by molar-refractivity contribution is -0.133. The van der Waals surface area contributed by atoms with E-state index in [4.69, 9.17) is 23.8 Å². The number of aryl methyl sites for hydroxylation is 2. The molecule has 1 saturated heterocycles. The van der Waals surface area contributed by atoms with E-state index < -0.39 is 0 Å². The number of carbonyl (C=O) groups is 1. The molecule has 0 saturated carbocycles. The zero-order valence-corrected chi connectivity index (χ0v) is 16.8. The first-order valence-electron chi connectivity index (χ1n) is 8.60. The van der Waals surface area contributed by atoms with Gasteiger partial charge in [0, 0.05) is 50.7 Å². The standard InChI is InChI=1S/C18H21ClN6OS/c1-13-15(17(19)23(2)22-13)6-7-16(26)24-9-4-10-25(24)18(27)21-12-14-5-3-8-20-11-14/h3,5-8,11H,4,9-10,12H2,1-2H3,(H,21,27)/b7-6+.